The van der Waals surface area contributed by atoms with Crippen molar-refractivity contribution in [2.75, 3.05) is 13.6 Å². The smallest absolute Gasteiger partial charge is 0.237 e. The third-order valence-electron chi connectivity index (χ3n) is 3.50. The molecule has 2 unspecified atom stereocenters. The first kappa shape index (κ1) is 12.5. The van der Waals surface area contributed by atoms with Gasteiger partial charge in [0.1, 0.15) is 0 Å². The SMILES string of the molecule is CCCCN(C)C1CCC(N)(C(N)=O)C1. The van der Waals surface area contributed by atoms with Crippen LogP contribution in [0.15, 0.2) is 0 Å². The number of nitrogens with zero attached hydrogens (tertiary/aromatic N) is 1. The summed E-state index contributed by atoms with van der Waals surface area (Å²) in [6, 6.07) is 0.425. The molecule has 0 spiro atoms. The lowest BCUT2D eigenvalue weighted by atomic mass is 9.98. The van der Waals surface area contributed by atoms with E-state index in [-0.39, 0.29) is 5.91 Å². The fraction of sp³-hybridized carbons (Fsp3) is 0.909. The number of hydrogen-bond donors (Lipinski definition) is 2. The number of hydrogen-bond acceptors (Lipinski definition) is 3. The molecule has 1 saturated carbocycles. The molecule has 4 heteroatoms. The molecular weight excluding hydrogens is 190 g/mol. The fourth-order valence-corrected chi connectivity index (χ4v) is 2.24. The lowest BCUT2D eigenvalue weighted by Gasteiger charge is -2.26. The van der Waals surface area contributed by atoms with Crippen LogP contribution in [0.25, 0.3) is 0 Å². The number of rotatable bonds is 5. The van der Waals surface area contributed by atoms with Crippen LogP contribution in [0.5, 0.6) is 0 Å². The average molecular weight is 213 g/mol. The number of carbonyl (C=O) groups is 1. The number of amides is 1. The average Bonchev–Trinajstić information content (AvgIpc) is 2.59. The Morgan fingerprint density at radius 2 is 2.27 bits per heavy atom. The second-order valence-electron chi connectivity index (χ2n) is 4.75. The first-order valence-corrected chi connectivity index (χ1v) is 5.78. The van der Waals surface area contributed by atoms with Gasteiger partial charge in [-0.2, -0.15) is 0 Å². The number of carbonyl (C=O) groups excluding carboxylic acids is 1. The maximum Gasteiger partial charge on any atom is 0.237 e. The topological polar surface area (TPSA) is 72.3 Å². The summed E-state index contributed by atoms with van der Waals surface area (Å²) in [5, 5.41) is 0. The Balaban J connectivity index is 2.45. The first-order valence-electron chi connectivity index (χ1n) is 5.78. The van der Waals surface area contributed by atoms with Crippen LogP contribution in [0.2, 0.25) is 0 Å². The van der Waals surface area contributed by atoms with Crippen molar-refractivity contribution in [1.82, 2.24) is 4.90 Å². The van der Waals surface area contributed by atoms with E-state index in [1.807, 2.05) is 0 Å². The molecule has 0 aliphatic heterocycles. The monoisotopic (exact) mass is 213 g/mol. The normalized spacial score (nSPS) is 31.1. The molecule has 0 heterocycles. The zero-order chi connectivity index (χ0) is 11.5. The number of nitrogens with two attached hydrogens (primary N) is 2. The highest BCUT2D eigenvalue weighted by atomic mass is 16.1. The zero-order valence-corrected chi connectivity index (χ0v) is 9.83. The minimum Gasteiger partial charge on any atom is -0.368 e. The van der Waals surface area contributed by atoms with Gasteiger partial charge in [0, 0.05) is 6.04 Å². The maximum atomic E-state index is 11.2. The third-order valence-corrected chi connectivity index (χ3v) is 3.50. The van der Waals surface area contributed by atoms with Crippen molar-refractivity contribution in [3.05, 3.63) is 0 Å². The van der Waals surface area contributed by atoms with E-state index in [1.165, 1.54) is 12.8 Å². The van der Waals surface area contributed by atoms with Gasteiger partial charge in [0.2, 0.25) is 5.91 Å². The zero-order valence-electron chi connectivity index (χ0n) is 9.83. The Morgan fingerprint density at radius 1 is 1.60 bits per heavy atom. The summed E-state index contributed by atoms with van der Waals surface area (Å²) in [7, 11) is 2.10. The summed E-state index contributed by atoms with van der Waals surface area (Å²) in [5.41, 5.74) is 10.5. The van der Waals surface area contributed by atoms with Gasteiger partial charge in [-0.05, 0) is 39.3 Å². The summed E-state index contributed by atoms with van der Waals surface area (Å²) in [6.45, 7) is 3.26. The summed E-state index contributed by atoms with van der Waals surface area (Å²) >= 11 is 0. The Labute approximate surface area is 92.0 Å². The van der Waals surface area contributed by atoms with Crippen LogP contribution in [0.3, 0.4) is 0 Å². The highest BCUT2D eigenvalue weighted by Crippen LogP contribution is 2.30. The van der Waals surface area contributed by atoms with Crippen molar-refractivity contribution in [3.63, 3.8) is 0 Å². The van der Waals surface area contributed by atoms with Crippen molar-refractivity contribution in [2.24, 2.45) is 11.5 Å². The summed E-state index contributed by atoms with van der Waals surface area (Å²) in [6.07, 6.45) is 4.81. The lowest BCUT2D eigenvalue weighted by molar-refractivity contribution is -0.123. The summed E-state index contributed by atoms with van der Waals surface area (Å²) in [5.74, 6) is -0.353. The quantitative estimate of drug-likeness (QED) is 0.696. The molecule has 88 valence electrons. The van der Waals surface area contributed by atoms with E-state index in [1.54, 1.807) is 0 Å². The molecule has 0 aromatic heterocycles. The maximum absolute atomic E-state index is 11.2. The molecule has 1 aliphatic rings. The van der Waals surface area contributed by atoms with Gasteiger partial charge >= 0.3 is 0 Å². The standard InChI is InChI=1S/C11H23N3O/c1-3-4-7-14(2)9-5-6-11(13,8-9)10(12)15/h9H,3-8,13H2,1-2H3,(H2,12,15). The second kappa shape index (κ2) is 4.94. The van der Waals surface area contributed by atoms with Crippen LogP contribution in [0, 0.1) is 0 Å². The minimum absolute atomic E-state index is 0.353. The minimum atomic E-state index is -0.759. The van der Waals surface area contributed by atoms with E-state index in [9.17, 15) is 4.79 Å². The van der Waals surface area contributed by atoms with E-state index >= 15 is 0 Å². The van der Waals surface area contributed by atoms with E-state index in [0.717, 1.165) is 19.4 Å². The van der Waals surface area contributed by atoms with Crippen LogP contribution < -0.4 is 11.5 Å². The Morgan fingerprint density at radius 3 is 2.73 bits per heavy atom. The molecule has 1 amide bonds. The highest BCUT2D eigenvalue weighted by molar-refractivity contribution is 5.84. The van der Waals surface area contributed by atoms with Crippen molar-refractivity contribution >= 4 is 5.91 Å². The van der Waals surface area contributed by atoms with Crippen molar-refractivity contribution in [1.29, 1.82) is 0 Å². The molecule has 15 heavy (non-hydrogen) atoms. The van der Waals surface area contributed by atoms with E-state index in [0.29, 0.717) is 12.5 Å². The van der Waals surface area contributed by atoms with Crippen LogP contribution in [0.1, 0.15) is 39.0 Å². The molecule has 4 N–H and O–H groups in total. The molecule has 1 fully saturated rings. The lowest BCUT2D eigenvalue weighted by Crippen LogP contribution is -2.51. The van der Waals surface area contributed by atoms with Gasteiger partial charge in [-0.1, -0.05) is 13.3 Å². The van der Waals surface area contributed by atoms with Crippen LogP contribution in [-0.2, 0) is 4.79 Å². The van der Waals surface area contributed by atoms with Crippen molar-refractivity contribution in [2.45, 2.75) is 50.6 Å². The molecule has 0 saturated heterocycles. The van der Waals surface area contributed by atoms with Gasteiger partial charge in [0.05, 0.1) is 5.54 Å². The Bertz CT molecular complexity index is 232. The summed E-state index contributed by atoms with van der Waals surface area (Å²) < 4.78 is 0. The van der Waals surface area contributed by atoms with Gasteiger partial charge in [-0.15, -0.1) is 0 Å². The first-order chi connectivity index (χ1) is 6.99. The van der Waals surface area contributed by atoms with Crippen molar-refractivity contribution < 1.29 is 4.79 Å². The highest BCUT2D eigenvalue weighted by Gasteiger charge is 2.41. The van der Waals surface area contributed by atoms with Gasteiger partial charge in [0.25, 0.3) is 0 Å². The molecule has 0 radical (unpaired) electrons. The number of unbranched alkanes of at least 4 members (excludes halogenated alkanes) is 1. The van der Waals surface area contributed by atoms with Crippen LogP contribution in [-0.4, -0.2) is 36.0 Å². The predicted molar refractivity (Wildman–Crippen MR) is 61.3 cm³/mol. The Hall–Kier alpha value is -0.610. The largest absolute Gasteiger partial charge is 0.368 e. The molecule has 0 bridgehead atoms. The van der Waals surface area contributed by atoms with E-state index in [4.69, 9.17) is 11.5 Å². The molecule has 1 aliphatic carbocycles. The molecular formula is C11H23N3O. The van der Waals surface area contributed by atoms with Gasteiger partial charge in [-0.3, -0.25) is 4.79 Å². The molecule has 2 atom stereocenters. The third kappa shape index (κ3) is 2.92. The van der Waals surface area contributed by atoms with Crippen LogP contribution >= 0.6 is 0 Å². The summed E-state index contributed by atoms with van der Waals surface area (Å²) in [4.78, 5) is 13.5. The van der Waals surface area contributed by atoms with E-state index < -0.39 is 5.54 Å². The van der Waals surface area contributed by atoms with E-state index in [2.05, 4.69) is 18.9 Å². The van der Waals surface area contributed by atoms with Crippen LogP contribution in [0.4, 0.5) is 0 Å². The molecule has 0 aromatic carbocycles. The predicted octanol–water partition coefficient (Wildman–Crippen LogP) is 0.454. The fourth-order valence-electron chi connectivity index (χ4n) is 2.24. The Kier molecular flexibility index (Phi) is 4.11. The molecule has 4 nitrogen and oxygen atoms in total. The van der Waals surface area contributed by atoms with Gasteiger partial charge in [0.15, 0.2) is 0 Å². The molecule has 0 aromatic rings. The van der Waals surface area contributed by atoms with Crippen molar-refractivity contribution in [3.8, 4) is 0 Å². The van der Waals surface area contributed by atoms with Gasteiger partial charge < -0.3 is 16.4 Å². The second-order valence-corrected chi connectivity index (χ2v) is 4.75. The van der Waals surface area contributed by atoms with Gasteiger partial charge in [-0.25, -0.2) is 0 Å². The number of primary amides is 1. The molecule has 1 rings (SSSR count).